The highest BCUT2D eigenvalue weighted by Crippen LogP contribution is 1.98. The van der Waals surface area contributed by atoms with Gasteiger partial charge in [-0.1, -0.05) is 6.92 Å². The maximum Gasteiger partial charge on any atom is 0.111 e. The molecule has 0 aliphatic carbocycles. The minimum absolute atomic E-state index is 0.00160. The van der Waals surface area contributed by atoms with Crippen molar-refractivity contribution in [1.82, 2.24) is 0 Å². The van der Waals surface area contributed by atoms with Crippen molar-refractivity contribution in [2.45, 2.75) is 20.3 Å². The summed E-state index contributed by atoms with van der Waals surface area (Å²) < 4.78 is 0. The third-order valence-electron chi connectivity index (χ3n) is 1.06. The van der Waals surface area contributed by atoms with Crippen LogP contribution in [0.5, 0.6) is 0 Å². The van der Waals surface area contributed by atoms with Crippen LogP contribution < -0.4 is 0 Å². The van der Waals surface area contributed by atoms with Crippen molar-refractivity contribution in [1.29, 1.82) is 0 Å². The summed E-state index contributed by atoms with van der Waals surface area (Å²) in [5, 5.41) is 17.6. The van der Waals surface area contributed by atoms with Gasteiger partial charge in [0.2, 0.25) is 0 Å². The monoisotopic (exact) mass is 142 g/mol. The van der Waals surface area contributed by atoms with Crippen molar-refractivity contribution in [3.8, 4) is 0 Å². The number of aliphatic hydroxyl groups excluding tert-OH is 2. The van der Waals surface area contributed by atoms with Crippen molar-refractivity contribution in [2.75, 3.05) is 6.61 Å². The molecule has 0 aromatic heterocycles. The van der Waals surface area contributed by atoms with E-state index in [-0.39, 0.29) is 12.4 Å². The summed E-state index contributed by atoms with van der Waals surface area (Å²) in [5.74, 6) is 0.231. The second-order valence-electron chi connectivity index (χ2n) is 2.19. The van der Waals surface area contributed by atoms with Crippen LogP contribution in [0.15, 0.2) is 23.5 Å². The summed E-state index contributed by atoms with van der Waals surface area (Å²) in [6.45, 7) is 3.71. The molecule has 0 saturated heterocycles. The Morgan fingerprint density at radius 2 is 2.10 bits per heavy atom. The topological polar surface area (TPSA) is 40.5 Å². The first-order valence-electron chi connectivity index (χ1n) is 3.37. The maximum absolute atomic E-state index is 9.02. The average molecular weight is 142 g/mol. The second-order valence-corrected chi connectivity index (χ2v) is 2.19. The lowest BCUT2D eigenvalue weighted by Crippen LogP contribution is -1.85. The number of hydrogen-bond donors (Lipinski definition) is 2. The molecular weight excluding hydrogens is 128 g/mol. The predicted molar refractivity (Wildman–Crippen MR) is 41.8 cm³/mol. The first-order chi connectivity index (χ1) is 4.70. The van der Waals surface area contributed by atoms with Crippen LogP contribution in [0.25, 0.3) is 0 Å². The second kappa shape index (κ2) is 5.06. The number of aliphatic hydroxyl groups is 2. The smallest absolute Gasteiger partial charge is 0.111 e. The van der Waals surface area contributed by atoms with Gasteiger partial charge >= 0.3 is 0 Å². The molecule has 0 aliphatic heterocycles. The van der Waals surface area contributed by atoms with Gasteiger partial charge in [0.25, 0.3) is 0 Å². The van der Waals surface area contributed by atoms with Gasteiger partial charge in [-0.15, -0.1) is 0 Å². The van der Waals surface area contributed by atoms with E-state index in [4.69, 9.17) is 10.2 Å². The highest BCUT2D eigenvalue weighted by Gasteiger charge is 1.87. The highest BCUT2D eigenvalue weighted by molar-refractivity contribution is 5.15. The minimum atomic E-state index is 0.00160. The van der Waals surface area contributed by atoms with E-state index in [1.54, 1.807) is 19.1 Å². The lowest BCUT2D eigenvalue weighted by atomic mass is 10.2. The normalized spacial score (nSPS) is 13.9. The molecule has 0 aliphatic rings. The van der Waals surface area contributed by atoms with Crippen molar-refractivity contribution in [2.24, 2.45) is 0 Å². The molecular formula is C8H14O2. The SMILES string of the molecule is CC/C=C(O)\C=C(/C)CO. The van der Waals surface area contributed by atoms with Crippen LogP contribution in [0.3, 0.4) is 0 Å². The Kier molecular flexibility index (Phi) is 4.67. The van der Waals surface area contributed by atoms with Crippen LogP contribution in [-0.4, -0.2) is 16.8 Å². The average Bonchev–Trinajstić information content (AvgIpc) is 1.88. The Labute approximate surface area is 61.5 Å². The zero-order valence-electron chi connectivity index (χ0n) is 6.46. The lowest BCUT2D eigenvalue weighted by molar-refractivity contribution is 0.329. The number of hydrogen-bond acceptors (Lipinski definition) is 2. The molecule has 2 nitrogen and oxygen atoms in total. The molecule has 0 rings (SSSR count). The molecule has 58 valence electrons. The van der Waals surface area contributed by atoms with Crippen LogP contribution in [-0.2, 0) is 0 Å². The van der Waals surface area contributed by atoms with Gasteiger partial charge in [0.05, 0.1) is 6.61 Å². The zero-order chi connectivity index (χ0) is 7.98. The van der Waals surface area contributed by atoms with Crippen LogP contribution in [0.2, 0.25) is 0 Å². The van der Waals surface area contributed by atoms with E-state index < -0.39 is 0 Å². The molecule has 0 amide bonds. The summed E-state index contributed by atoms with van der Waals surface area (Å²) in [7, 11) is 0. The van der Waals surface area contributed by atoms with E-state index in [1.807, 2.05) is 6.92 Å². The fourth-order valence-corrected chi connectivity index (χ4v) is 0.566. The van der Waals surface area contributed by atoms with E-state index in [0.717, 1.165) is 12.0 Å². The number of rotatable bonds is 3. The van der Waals surface area contributed by atoms with Gasteiger partial charge in [-0.2, -0.15) is 0 Å². The van der Waals surface area contributed by atoms with Gasteiger partial charge in [0, 0.05) is 0 Å². The third-order valence-corrected chi connectivity index (χ3v) is 1.06. The van der Waals surface area contributed by atoms with E-state index in [2.05, 4.69) is 0 Å². The molecule has 0 unspecified atom stereocenters. The molecule has 0 radical (unpaired) electrons. The lowest BCUT2D eigenvalue weighted by Gasteiger charge is -1.93. The molecule has 0 bridgehead atoms. The Hall–Kier alpha value is -0.760. The van der Waals surface area contributed by atoms with Gasteiger partial charge in [-0.05, 0) is 31.1 Å². The molecule has 0 fully saturated rings. The van der Waals surface area contributed by atoms with Gasteiger partial charge < -0.3 is 10.2 Å². The Bertz CT molecular complexity index is 145. The Balaban J connectivity index is 3.98. The van der Waals surface area contributed by atoms with Crippen LogP contribution >= 0.6 is 0 Å². The summed E-state index contributed by atoms with van der Waals surface area (Å²) in [6, 6.07) is 0. The van der Waals surface area contributed by atoms with Crippen molar-refractivity contribution in [3.63, 3.8) is 0 Å². The van der Waals surface area contributed by atoms with Crippen LogP contribution in [0, 0.1) is 0 Å². The van der Waals surface area contributed by atoms with Crippen LogP contribution in [0.1, 0.15) is 20.3 Å². The van der Waals surface area contributed by atoms with Gasteiger partial charge in [-0.25, -0.2) is 0 Å². The zero-order valence-corrected chi connectivity index (χ0v) is 6.46. The molecule has 0 aromatic carbocycles. The first kappa shape index (κ1) is 9.24. The van der Waals surface area contributed by atoms with E-state index >= 15 is 0 Å². The van der Waals surface area contributed by atoms with Crippen molar-refractivity contribution in [3.05, 3.63) is 23.5 Å². The minimum Gasteiger partial charge on any atom is -0.508 e. The van der Waals surface area contributed by atoms with Gasteiger partial charge in [0.15, 0.2) is 0 Å². The summed E-state index contributed by atoms with van der Waals surface area (Å²) in [4.78, 5) is 0. The summed E-state index contributed by atoms with van der Waals surface area (Å²) in [6.07, 6.45) is 4.06. The van der Waals surface area contributed by atoms with E-state index in [1.165, 1.54) is 0 Å². The Morgan fingerprint density at radius 3 is 2.50 bits per heavy atom. The maximum atomic E-state index is 9.02. The molecule has 0 aromatic rings. The fourth-order valence-electron chi connectivity index (χ4n) is 0.566. The Morgan fingerprint density at radius 1 is 1.50 bits per heavy atom. The van der Waals surface area contributed by atoms with Crippen LogP contribution in [0.4, 0.5) is 0 Å². The quantitative estimate of drug-likeness (QED) is 0.465. The summed E-state index contributed by atoms with van der Waals surface area (Å²) in [5.41, 5.74) is 0.766. The largest absolute Gasteiger partial charge is 0.508 e. The molecule has 0 spiro atoms. The highest BCUT2D eigenvalue weighted by atomic mass is 16.3. The molecule has 0 atom stereocenters. The fraction of sp³-hybridized carbons (Fsp3) is 0.500. The molecule has 0 heterocycles. The third kappa shape index (κ3) is 4.15. The molecule has 2 heteroatoms. The van der Waals surface area contributed by atoms with E-state index in [0.29, 0.717) is 0 Å². The predicted octanol–water partition coefficient (Wildman–Crippen LogP) is 1.78. The summed E-state index contributed by atoms with van der Waals surface area (Å²) >= 11 is 0. The van der Waals surface area contributed by atoms with E-state index in [9.17, 15) is 0 Å². The van der Waals surface area contributed by atoms with Gasteiger partial charge in [-0.3, -0.25) is 0 Å². The van der Waals surface area contributed by atoms with Crippen molar-refractivity contribution >= 4 is 0 Å². The standard InChI is InChI=1S/C8H14O2/c1-3-4-8(10)5-7(2)6-9/h4-5,9-10H,3,6H2,1-2H3/b7-5+,8-4+. The first-order valence-corrected chi connectivity index (χ1v) is 3.37. The van der Waals surface area contributed by atoms with Crippen molar-refractivity contribution < 1.29 is 10.2 Å². The molecule has 10 heavy (non-hydrogen) atoms. The molecule has 2 N–H and O–H groups in total. The molecule has 0 saturated carbocycles. The number of allylic oxidation sites excluding steroid dienone is 2. The van der Waals surface area contributed by atoms with Gasteiger partial charge in [0.1, 0.15) is 5.76 Å².